The fourth-order valence-corrected chi connectivity index (χ4v) is 5.22. The van der Waals surface area contributed by atoms with Crippen molar-refractivity contribution >= 4 is 51.9 Å². The molecule has 0 aromatic carbocycles. The van der Waals surface area contributed by atoms with Crippen LogP contribution in [-0.2, 0) is 19.2 Å². The van der Waals surface area contributed by atoms with Gasteiger partial charge in [-0.1, -0.05) is 11.2 Å². The van der Waals surface area contributed by atoms with Crippen molar-refractivity contribution in [3.05, 3.63) is 29.2 Å². The van der Waals surface area contributed by atoms with Crippen LogP contribution < -0.4 is 11.1 Å². The van der Waals surface area contributed by atoms with E-state index in [1.54, 1.807) is 6.92 Å². The standard InChI is InChI=1S/C18H20N6O5S2/c1-8-7-30-16-11(15(26)24(16)12(8)17(27)28)20-14(25)10(13-21-18(19)31-23-13)22-29-9-5-3-2-4-6-9/h3,5,9,11,16H,2,4,6-7H2,1H3,(H,20,25)(H,27,28)(H2,19,21,23)/b22-10-/t9?,11?,16-/m1/s1. The molecule has 0 bridgehead atoms. The first-order valence-electron chi connectivity index (χ1n) is 9.55. The second-order valence-corrected chi connectivity index (χ2v) is 9.08. The van der Waals surface area contributed by atoms with Gasteiger partial charge in [0.2, 0.25) is 11.5 Å². The minimum Gasteiger partial charge on any atom is -0.477 e. The Hall–Kier alpha value is -2.93. The lowest BCUT2D eigenvalue weighted by Crippen LogP contribution is -2.71. The van der Waals surface area contributed by atoms with E-state index in [-0.39, 0.29) is 28.5 Å². The van der Waals surface area contributed by atoms with Crippen LogP contribution in [0.1, 0.15) is 32.0 Å². The predicted octanol–water partition coefficient (Wildman–Crippen LogP) is 0.708. The van der Waals surface area contributed by atoms with Gasteiger partial charge in [-0.3, -0.25) is 14.5 Å². The van der Waals surface area contributed by atoms with Gasteiger partial charge in [0.05, 0.1) is 0 Å². The summed E-state index contributed by atoms with van der Waals surface area (Å²) in [7, 11) is 0. The van der Waals surface area contributed by atoms with Gasteiger partial charge in [0.25, 0.3) is 11.8 Å². The Labute approximate surface area is 185 Å². The van der Waals surface area contributed by atoms with Crippen LogP contribution in [-0.4, -0.2) is 66.1 Å². The highest BCUT2D eigenvalue weighted by Gasteiger charge is 2.54. The minimum atomic E-state index is -1.17. The zero-order valence-corrected chi connectivity index (χ0v) is 18.1. The molecule has 2 aliphatic heterocycles. The Balaban J connectivity index is 1.52. The van der Waals surface area contributed by atoms with E-state index >= 15 is 0 Å². The highest BCUT2D eigenvalue weighted by atomic mass is 32.2. The number of nitrogen functional groups attached to an aromatic ring is 1. The molecule has 31 heavy (non-hydrogen) atoms. The van der Waals surface area contributed by atoms with Crippen LogP contribution in [0.15, 0.2) is 28.6 Å². The number of nitrogens with zero attached hydrogens (tertiary/aromatic N) is 4. The predicted molar refractivity (Wildman–Crippen MR) is 114 cm³/mol. The van der Waals surface area contributed by atoms with Crippen LogP contribution >= 0.6 is 23.3 Å². The monoisotopic (exact) mass is 464 g/mol. The highest BCUT2D eigenvalue weighted by Crippen LogP contribution is 2.40. The largest absolute Gasteiger partial charge is 0.477 e. The quantitative estimate of drug-likeness (QED) is 0.238. The molecule has 13 heteroatoms. The summed E-state index contributed by atoms with van der Waals surface area (Å²) < 4.78 is 4.03. The second kappa shape index (κ2) is 8.67. The Morgan fingerprint density at radius 1 is 1.45 bits per heavy atom. The van der Waals surface area contributed by atoms with E-state index < -0.39 is 29.2 Å². The smallest absolute Gasteiger partial charge is 0.352 e. The number of carboxylic acids is 1. The van der Waals surface area contributed by atoms with Crippen molar-refractivity contribution in [2.45, 2.75) is 43.7 Å². The first-order chi connectivity index (χ1) is 14.9. The van der Waals surface area contributed by atoms with E-state index in [0.717, 1.165) is 30.8 Å². The Morgan fingerprint density at radius 3 is 2.90 bits per heavy atom. The molecule has 1 aliphatic carbocycles. The molecule has 3 aliphatic rings. The van der Waals surface area contributed by atoms with Gasteiger partial charge in [-0.2, -0.15) is 9.36 Å². The first kappa shape index (κ1) is 21.3. The van der Waals surface area contributed by atoms with E-state index in [4.69, 9.17) is 10.6 Å². The fraction of sp³-hybridized carbons (Fsp3) is 0.444. The molecular formula is C18H20N6O5S2. The maximum atomic E-state index is 13.0. The van der Waals surface area contributed by atoms with Crippen molar-refractivity contribution in [2.24, 2.45) is 5.16 Å². The summed E-state index contributed by atoms with van der Waals surface area (Å²) >= 11 is 2.29. The summed E-state index contributed by atoms with van der Waals surface area (Å²) in [6.07, 6.45) is 6.27. The molecule has 4 N–H and O–H groups in total. The summed E-state index contributed by atoms with van der Waals surface area (Å²) in [5, 5.41) is 15.7. The molecular weight excluding hydrogens is 444 g/mol. The van der Waals surface area contributed by atoms with Crippen molar-refractivity contribution in [2.75, 3.05) is 11.5 Å². The molecule has 3 heterocycles. The molecule has 11 nitrogen and oxygen atoms in total. The number of nitrogens with one attached hydrogen (secondary N) is 1. The molecule has 2 unspecified atom stereocenters. The topological polar surface area (TPSA) is 160 Å². The van der Waals surface area contributed by atoms with Crippen LogP contribution in [0.2, 0.25) is 0 Å². The lowest BCUT2D eigenvalue weighted by atomic mass is 10.0. The Bertz CT molecular complexity index is 1020. The van der Waals surface area contributed by atoms with Gasteiger partial charge in [-0.25, -0.2) is 4.79 Å². The Morgan fingerprint density at radius 2 is 2.26 bits per heavy atom. The summed E-state index contributed by atoms with van der Waals surface area (Å²) in [4.78, 5) is 47.8. The summed E-state index contributed by atoms with van der Waals surface area (Å²) in [5.41, 5.74) is 6.02. The molecule has 1 aromatic rings. The SMILES string of the molecule is CC1=C(C(=O)O)N2C(=O)C(NC(=O)/C(=N\OC3C=CCCC3)c3nsc(N)n3)[C@H]2SC1. The first-order valence-corrected chi connectivity index (χ1v) is 11.4. The molecule has 2 amide bonds. The number of hydrogen-bond acceptors (Lipinski definition) is 10. The number of allylic oxidation sites excluding steroid dienone is 1. The van der Waals surface area contributed by atoms with Crippen LogP contribution in [0, 0.1) is 0 Å². The molecule has 1 fully saturated rings. The third kappa shape index (κ3) is 4.14. The van der Waals surface area contributed by atoms with Gasteiger partial charge in [-0.05, 0) is 37.8 Å². The van der Waals surface area contributed by atoms with Gasteiger partial charge in [-0.15, -0.1) is 11.8 Å². The third-order valence-electron chi connectivity index (χ3n) is 5.01. The number of hydrogen-bond donors (Lipinski definition) is 3. The Kier molecular flexibility index (Phi) is 5.96. The molecule has 4 rings (SSSR count). The molecule has 1 aromatic heterocycles. The van der Waals surface area contributed by atoms with E-state index in [1.807, 2.05) is 12.2 Å². The zero-order chi connectivity index (χ0) is 22.1. The van der Waals surface area contributed by atoms with E-state index in [0.29, 0.717) is 11.3 Å². The molecule has 0 radical (unpaired) electrons. The van der Waals surface area contributed by atoms with Crippen LogP contribution in [0.3, 0.4) is 0 Å². The number of thioether (sulfide) groups is 1. The number of rotatable bonds is 6. The third-order valence-corrected chi connectivity index (χ3v) is 6.97. The average molecular weight is 465 g/mol. The van der Waals surface area contributed by atoms with Gasteiger partial charge in [0.15, 0.2) is 5.13 Å². The molecule has 164 valence electrons. The van der Waals surface area contributed by atoms with Crippen molar-refractivity contribution in [1.82, 2.24) is 19.6 Å². The zero-order valence-electron chi connectivity index (χ0n) is 16.5. The minimum absolute atomic E-state index is 0.00156. The van der Waals surface area contributed by atoms with E-state index in [9.17, 15) is 19.5 Å². The number of fused-ring (bicyclic) bond motifs is 1. The summed E-state index contributed by atoms with van der Waals surface area (Å²) in [6, 6.07) is -0.893. The van der Waals surface area contributed by atoms with E-state index in [1.165, 1.54) is 16.7 Å². The van der Waals surface area contributed by atoms with Crippen molar-refractivity contribution in [3.63, 3.8) is 0 Å². The number of anilines is 1. The van der Waals surface area contributed by atoms with E-state index in [2.05, 4.69) is 19.8 Å². The number of β-lactam (4-membered cyclic amide) rings is 1. The number of oxime groups is 1. The number of aromatic nitrogens is 2. The number of amides is 2. The summed E-state index contributed by atoms with van der Waals surface area (Å²) in [5.74, 6) is -1.91. The maximum Gasteiger partial charge on any atom is 0.352 e. The maximum absolute atomic E-state index is 13.0. The molecule has 1 saturated heterocycles. The van der Waals surface area contributed by atoms with Crippen molar-refractivity contribution < 1.29 is 24.3 Å². The van der Waals surface area contributed by atoms with Gasteiger partial charge in [0.1, 0.15) is 23.2 Å². The second-order valence-electron chi connectivity index (χ2n) is 7.19. The van der Waals surface area contributed by atoms with Crippen LogP contribution in [0.4, 0.5) is 5.13 Å². The number of aliphatic carboxylic acids is 1. The summed E-state index contributed by atoms with van der Waals surface area (Å²) in [6.45, 7) is 1.67. The lowest BCUT2D eigenvalue weighted by molar-refractivity contribution is -0.150. The van der Waals surface area contributed by atoms with Gasteiger partial charge < -0.3 is 21.0 Å². The van der Waals surface area contributed by atoms with Gasteiger partial charge in [0, 0.05) is 17.3 Å². The number of nitrogens with two attached hydrogens (primary N) is 1. The molecule has 0 spiro atoms. The van der Waals surface area contributed by atoms with Crippen molar-refractivity contribution in [1.29, 1.82) is 0 Å². The van der Waals surface area contributed by atoms with Gasteiger partial charge >= 0.3 is 5.97 Å². The van der Waals surface area contributed by atoms with Crippen molar-refractivity contribution in [3.8, 4) is 0 Å². The number of carbonyl (C=O) groups excluding carboxylic acids is 2. The normalized spacial score (nSPS) is 25.7. The highest BCUT2D eigenvalue weighted by molar-refractivity contribution is 8.00. The molecule has 3 atom stereocenters. The lowest BCUT2D eigenvalue weighted by Gasteiger charge is -2.49. The molecule has 0 saturated carbocycles. The average Bonchev–Trinajstić information content (AvgIpc) is 3.18. The number of carboxylic acid groups (broad SMARTS) is 1. The van der Waals surface area contributed by atoms with Crippen LogP contribution in [0.25, 0.3) is 0 Å². The number of carbonyl (C=O) groups is 3. The van der Waals surface area contributed by atoms with Crippen LogP contribution in [0.5, 0.6) is 0 Å². The fourth-order valence-electron chi connectivity index (χ4n) is 3.49.